The summed E-state index contributed by atoms with van der Waals surface area (Å²) in [7, 11) is -3.37. The monoisotopic (exact) mass is 370 g/mol. The number of nitrogens with one attached hydrogen (secondary N) is 1. The van der Waals surface area contributed by atoms with Crippen molar-refractivity contribution in [3.05, 3.63) is 52.7 Å². The van der Waals surface area contributed by atoms with Crippen LogP contribution in [0.3, 0.4) is 0 Å². The fraction of sp³-hybridized carbons (Fsp3) is 0.412. The van der Waals surface area contributed by atoms with Crippen molar-refractivity contribution in [2.45, 2.75) is 31.0 Å². The Bertz CT molecular complexity index is 755. The molecule has 0 aliphatic carbocycles. The molecule has 1 aromatic carbocycles. The van der Waals surface area contributed by atoms with E-state index >= 15 is 0 Å². The number of benzene rings is 1. The minimum atomic E-state index is -3.37. The molecule has 1 N–H and O–H groups in total. The zero-order chi connectivity index (χ0) is 17.6. The van der Waals surface area contributed by atoms with Crippen LogP contribution in [0, 0.1) is 5.82 Å². The van der Waals surface area contributed by atoms with Gasteiger partial charge in [0.1, 0.15) is 10.0 Å². The molecule has 4 nitrogen and oxygen atoms in total. The molecule has 0 amide bonds. The third kappa shape index (κ3) is 4.86. The van der Waals surface area contributed by atoms with Gasteiger partial charge in [0.2, 0.25) is 0 Å². The van der Waals surface area contributed by atoms with Gasteiger partial charge in [0.05, 0.1) is 0 Å². The van der Waals surface area contributed by atoms with Gasteiger partial charge in [0.25, 0.3) is 10.0 Å². The Labute approximate surface area is 147 Å². The second kappa shape index (κ2) is 8.71. The summed E-state index contributed by atoms with van der Waals surface area (Å²) in [6.07, 6.45) is 0.744. The van der Waals surface area contributed by atoms with Crippen molar-refractivity contribution in [3.8, 4) is 0 Å². The third-order valence-corrected chi connectivity index (χ3v) is 7.37. The van der Waals surface area contributed by atoms with Crippen LogP contribution in [0.5, 0.6) is 0 Å². The molecule has 0 saturated heterocycles. The van der Waals surface area contributed by atoms with Crippen molar-refractivity contribution in [2.24, 2.45) is 0 Å². The van der Waals surface area contributed by atoms with Crippen molar-refractivity contribution in [1.29, 1.82) is 0 Å². The molecule has 2 aromatic rings. The highest BCUT2D eigenvalue weighted by Crippen LogP contribution is 2.25. The first kappa shape index (κ1) is 19.1. The lowest BCUT2D eigenvalue weighted by Crippen LogP contribution is -2.29. The Kier molecular flexibility index (Phi) is 6.91. The molecule has 7 heteroatoms. The first-order valence-electron chi connectivity index (χ1n) is 8.01. The standard InChI is InChI=1S/C17H23FN2O2S2/c1-3-20(4-2)24(21,22)17-9-8-16(23-17)10-11-19-13-14-6-5-7-15(18)12-14/h5-9,12,19H,3-4,10-11,13H2,1-2H3. The third-order valence-electron chi connectivity index (χ3n) is 3.70. The molecule has 0 atom stereocenters. The van der Waals surface area contributed by atoms with Crippen molar-refractivity contribution >= 4 is 21.4 Å². The largest absolute Gasteiger partial charge is 0.312 e. The van der Waals surface area contributed by atoms with Crippen LogP contribution >= 0.6 is 11.3 Å². The van der Waals surface area contributed by atoms with Gasteiger partial charge in [-0.25, -0.2) is 12.8 Å². The van der Waals surface area contributed by atoms with E-state index in [0.717, 1.165) is 16.9 Å². The highest BCUT2D eigenvalue weighted by molar-refractivity contribution is 7.91. The molecule has 132 valence electrons. The summed E-state index contributed by atoms with van der Waals surface area (Å²) in [6.45, 7) is 5.93. The van der Waals surface area contributed by atoms with Crippen LogP contribution in [0.15, 0.2) is 40.6 Å². The minimum absolute atomic E-state index is 0.237. The molecular formula is C17H23FN2O2S2. The van der Waals surface area contributed by atoms with Gasteiger partial charge in [-0.1, -0.05) is 26.0 Å². The molecule has 2 rings (SSSR count). The Morgan fingerprint density at radius 3 is 2.58 bits per heavy atom. The van der Waals surface area contributed by atoms with E-state index in [-0.39, 0.29) is 5.82 Å². The molecule has 0 spiro atoms. The quantitative estimate of drug-likeness (QED) is 0.690. The number of hydrogen-bond donors (Lipinski definition) is 1. The topological polar surface area (TPSA) is 49.4 Å². The van der Waals surface area contributed by atoms with E-state index in [4.69, 9.17) is 0 Å². The van der Waals surface area contributed by atoms with Gasteiger partial charge < -0.3 is 5.32 Å². The van der Waals surface area contributed by atoms with Crippen LogP contribution < -0.4 is 5.32 Å². The fourth-order valence-electron chi connectivity index (χ4n) is 2.41. The van der Waals surface area contributed by atoms with E-state index in [1.165, 1.54) is 27.8 Å². The van der Waals surface area contributed by atoms with Crippen molar-refractivity contribution in [1.82, 2.24) is 9.62 Å². The summed E-state index contributed by atoms with van der Waals surface area (Å²) in [6, 6.07) is 10.0. The van der Waals surface area contributed by atoms with Crippen LogP contribution in [0.2, 0.25) is 0 Å². The molecule has 0 unspecified atom stereocenters. The first-order chi connectivity index (χ1) is 11.5. The summed E-state index contributed by atoms with van der Waals surface area (Å²) in [5.41, 5.74) is 0.894. The lowest BCUT2D eigenvalue weighted by atomic mass is 10.2. The molecule has 0 aliphatic rings. The second-order valence-electron chi connectivity index (χ2n) is 5.37. The van der Waals surface area contributed by atoms with E-state index in [2.05, 4.69) is 5.32 Å². The zero-order valence-corrected chi connectivity index (χ0v) is 15.6. The van der Waals surface area contributed by atoms with Crippen LogP contribution in [-0.4, -0.2) is 32.4 Å². The van der Waals surface area contributed by atoms with Crippen molar-refractivity contribution in [3.63, 3.8) is 0 Å². The molecule has 0 radical (unpaired) electrons. The summed E-state index contributed by atoms with van der Waals surface area (Å²) in [5.74, 6) is -0.237. The van der Waals surface area contributed by atoms with Gasteiger partial charge in [-0.15, -0.1) is 11.3 Å². The maximum absolute atomic E-state index is 13.1. The highest BCUT2D eigenvalue weighted by atomic mass is 32.2. The Morgan fingerprint density at radius 2 is 1.92 bits per heavy atom. The lowest BCUT2D eigenvalue weighted by molar-refractivity contribution is 0.447. The number of rotatable bonds is 9. The lowest BCUT2D eigenvalue weighted by Gasteiger charge is -2.16. The SMILES string of the molecule is CCN(CC)S(=O)(=O)c1ccc(CCNCc2cccc(F)c2)s1. The van der Waals surface area contributed by atoms with Gasteiger partial charge in [-0.05, 0) is 36.2 Å². The number of nitrogens with zero attached hydrogens (tertiary/aromatic N) is 1. The zero-order valence-electron chi connectivity index (χ0n) is 14.0. The maximum atomic E-state index is 13.1. The van der Waals surface area contributed by atoms with Crippen LogP contribution in [0.1, 0.15) is 24.3 Å². The van der Waals surface area contributed by atoms with E-state index in [0.29, 0.717) is 30.4 Å². The van der Waals surface area contributed by atoms with Crippen LogP contribution in [0.25, 0.3) is 0 Å². The number of hydrogen-bond acceptors (Lipinski definition) is 4. The maximum Gasteiger partial charge on any atom is 0.252 e. The van der Waals surface area contributed by atoms with Crippen LogP contribution in [-0.2, 0) is 23.0 Å². The Hall–Kier alpha value is -1.28. The molecule has 24 heavy (non-hydrogen) atoms. The van der Waals surface area contributed by atoms with Crippen molar-refractivity contribution < 1.29 is 12.8 Å². The number of halogens is 1. The molecule has 1 aromatic heterocycles. The molecule has 0 aliphatic heterocycles. The van der Waals surface area contributed by atoms with E-state index < -0.39 is 10.0 Å². The number of thiophene rings is 1. The highest BCUT2D eigenvalue weighted by Gasteiger charge is 2.23. The average Bonchev–Trinajstić information content (AvgIpc) is 3.02. The van der Waals surface area contributed by atoms with Gasteiger partial charge in [0.15, 0.2) is 0 Å². The summed E-state index contributed by atoms with van der Waals surface area (Å²) in [5, 5.41) is 3.25. The van der Waals surface area contributed by atoms with Crippen LogP contribution in [0.4, 0.5) is 4.39 Å². The minimum Gasteiger partial charge on any atom is -0.312 e. The molecule has 0 fully saturated rings. The van der Waals surface area contributed by atoms with Gasteiger partial charge >= 0.3 is 0 Å². The van der Waals surface area contributed by atoms with Gasteiger partial charge in [0, 0.05) is 31.1 Å². The molecule has 0 bridgehead atoms. The van der Waals surface area contributed by atoms with Gasteiger partial charge in [-0.2, -0.15) is 4.31 Å². The van der Waals surface area contributed by atoms with E-state index in [1.807, 2.05) is 26.0 Å². The van der Waals surface area contributed by atoms with E-state index in [9.17, 15) is 12.8 Å². The molecular weight excluding hydrogens is 347 g/mol. The fourth-order valence-corrected chi connectivity index (χ4v) is 5.38. The summed E-state index contributed by atoms with van der Waals surface area (Å²) < 4.78 is 39.8. The smallest absolute Gasteiger partial charge is 0.252 e. The normalized spacial score (nSPS) is 12.0. The van der Waals surface area contributed by atoms with E-state index in [1.54, 1.807) is 12.1 Å². The molecule has 1 heterocycles. The predicted molar refractivity (Wildman–Crippen MR) is 96.2 cm³/mol. The summed E-state index contributed by atoms with van der Waals surface area (Å²) >= 11 is 1.32. The Balaban J connectivity index is 1.88. The Morgan fingerprint density at radius 1 is 1.17 bits per heavy atom. The van der Waals surface area contributed by atoms with Crippen molar-refractivity contribution in [2.75, 3.05) is 19.6 Å². The first-order valence-corrected chi connectivity index (χ1v) is 10.3. The average molecular weight is 371 g/mol. The second-order valence-corrected chi connectivity index (χ2v) is 8.70. The summed E-state index contributed by atoms with van der Waals surface area (Å²) in [4.78, 5) is 1.02. The van der Waals surface area contributed by atoms with Gasteiger partial charge in [-0.3, -0.25) is 0 Å². The predicted octanol–water partition coefficient (Wildman–Crippen LogP) is 3.25. The molecule has 0 saturated carbocycles. The number of sulfonamides is 1.